The predicted molar refractivity (Wildman–Crippen MR) is 231 cm³/mol. The molecule has 0 fully saturated rings. The van der Waals surface area contributed by atoms with E-state index in [1.54, 1.807) is 6.07 Å². The third kappa shape index (κ3) is 9.42. The molecule has 2 aliphatic heterocycles. The highest BCUT2D eigenvalue weighted by Gasteiger charge is 2.46. The van der Waals surface area contributed by atoms with Crippen LogP contribution in [0.5, 0.6) is 0 Å². The van der Waals surface area contributed by atoms with Crippen LogP contribution in [0.2, 0.25) is 0 Å². The fraction of sp³-hybridized carbons (Fsp3) is 0.349. The van der Waals surface area contributed by atoms with E-state index >= 15 is 0 Å². The highest BCUT2D eigenvalue weighted by Crippen LogP contribution is 2.51. The van der Waals surface area contributed by atoms with Gasteiger partial charge in [-0.25, -0.2) is 0 Å². The maximum Gasteiger partial charge on any atom is 0.303 e. The Morgan fingerprint density at radius 1 is 0.733 bits per heavy atom. The van der Waals surface area contributed by atoms with Crippen LogP contribution < -0.4 is 4.90 Å². The highest BCUT2D eigenvalue weighted by molar-refractivity contribution is 7.87. The molecule has 0 atom stereocenters. The molecule has 322 valence electrons. The molecule has 0 bridgehead atoms. The summed E-state index contributed by atoms with van der Waals surface area (Å²) in [6.07, 6.45) is 12.2. The molecular weight excluding hydrogens is 833 g/mol. The Hall–Kier alpha value is -4.75. The molecule has 5 N–H and O–H groups in total. The summed E-state index contributed by atoms with van der Waals surface area (Å²) in [5.41, 5.74) is 3.94. The van der Waals surface area contributed by atoms with E-state index < -0.39 is 56.9 Å². The number of carboxylic acid groups (broad SMARTS) is 1. The van der Waals surface area contributed by atoms with Crippen molar-refractivity contribution in [2.75, 3.05) is 23.7 Å². The van der Waals surface area contributed by atoms with Gasteiger partial charge in [-0.2, -0.15) is 29.8 Å². The molecule has 0 radical (unpaired) electrons. The number of hydrogen-bond donors (Lipinski definition) is 4. The summed E-state index contributed by atoms with van der Waals surface area (Å²) in [5, 5.41) is 11.7. The largest absolute Gasteiger partial charge is 0.870 e. The topological polar surface area (TPSA) is 237 Å². The monoisotopic (exact) mass is 882 g/mol. The predicted octanol–water partition coefficient (Wildman–Crippen LogP) is 7.79. The quantitative estimate of drug-likeness (QED) is 0.0364. The van der Waals surface area contributed by atoms with Crippen LogP contribution in [0.4, 0.5) is 11.4 Å². The molecule has 0 spiro atoms. The first-order chi connectivity index (χ1) is 27.5. The standard InChI is InChI=1S/C43H48N2O11S3.H2O/c1-42(2)37(45(25-13-14-26-57(48,49)50)34-22-20-29-15-10-11-16-31(29)40(34)42)17-7-5-8-18-38-43(3,4)41-33-27-30(58(51,52)53)28-36(59(54,55)56)32(33)21-23-35(41)44(38)24-12-6-9-19-39(46)47;/h5,7-8,10-11,15-18,20-23,27-28H,6,9,12-14,19,24-26H2,1-4H3,(H3-,46,47,48,49,50,51,52,53,54,55,56);1H2. The van der Waals surface area contributed by atoms with Gasteiger partial charge >= 0.3 is 5.97 Å². The summed E-state index contributed by atoms with van der Waals surface area (Å²) < 4.78 is 104. The Morgan fingerprint density at radius 2 is 1.45 bits per heavy atom. The van der Waals surface area contributed by atoms with Gasteiger partial charge < -0.3 is 15.5 Å². The van der Waals surface area contributed by atoms with Crippen LogP contribution in [0.15, 0.2) is 107 Å². The van der Waals surface area contributed by atoms with Crippen molar-refractivity contribution >= 4 is 75.0 Å². The molecule has 2 aliphatic rings. The number of benzene rings is 4. The molecule has 6 rings (SSSR count). The third-order valence-corrected chi connectivity index (χ3v) is 13.8. The molecule has 60 heavy (non-hydrogen) atoms. The van der Waals surface area contributed by atoms with Crippen molar-refractivity contribution < 1.29 is 58.9 Å². The number of carbonyl (C=O) groups is 1. The van der Waals surface area contributed by atoms with E-state index in [4.69, 9.17) is 5.11 Å². The van der Waals surface area contributed by atoms with Crippen molar-refractivity contribution in [1.29, 1.82) is 0 Å². The van der Waals surface area contributed by atoms with Crippen LogP contribution in [0.3, 0.4) is 0 Å². The zero-order chi connectivity index (χ0) is 43.1. The Balaban J connectivity index is 0.00000683. The molecule has 0 unspecified atom stereocenters. The number of unbranched alkanes of at least 4 members (excludes halogenated alkanes) is 3. The lowest BCUT2D eigenvalue weighted by Gasteiger charge is -2.27. The number of nitrogens with zero attached hydrogens (tertiary/aromatic N) is 2. The highest BCUT2D eigenvalue weighted by atomic mass is 32.2. The molecule has 4 aromatic rings. The number of fused-ring (bicyclic) bond motifs is 6. The van der Waals surface area contributed by atoms with Gasteiger partial charge in [0, 0.05) is 59.3 Å². The van der Waals surface area contributed by atoms with Gasteiger partial charge in [-0.3, -0.25) is 18.5 Å². The minimum absolute atomic E-state index is 0. The van der Waals surface area contributed by atoms with E-state index in [0.29, 0.717) is 56.4 Å². The number of carboxylic acids is 1. The Labute approximate surface area is 350 Å². The lowest BCUT2D eigenvalue weighted by Crippen LogP contribution is -2.28. The fourth-order valence-electron chi connectivity index (χ4n) is 8.65. The van der Waals surface area contributed by atoms with Gasteiger partial charge in [-0.1, -0.05) is 62.4 Å². The van der Waals surface area contributed by atoms with Crippen LogP contribution >= 0.6 is 0 Å². The first kappa shape index (κ1) is 46.3. The first-order valence-electron chi connectivity index (χ1n) is 19.3. The van der Waals surface area contributed by atoms with Gasteiger partial charge in [0.2, 0.25) is 5.69 Å². The van der Waals surface area contributed by atoms with Gasteiger partial charge in [0.05, 0.1) is 16.1 Å². The minimum atomic E-state index is -4.91. The second-order valence-corrected chi connectivity index (χ2v) is 20.4. The molecule has 0 aliphatic carbocycles. The maximum absolute atomic E-state index is 12.5. The Bertz CT molecular complexity index is 2820. The smallest absolute Gasteiger partial charge is 0.303 e. The normalized spacial score (nSPS) is 17.0. The fourth-order valence-corrected chi connectivity index (χ4v) is 10.6. The third-order valence-electron chi connectivity index (χ3n) is 11.3. The first-order valence-corrected chi connectivity index (χ1v) is 23.8. The van der Waals surface area contributed by atoms with Crippen molar-refractivity contribution in [2.24, 2.45) is 0 Å². The van der Waals surface area contributed by atoms with E-state index in [2.05, 4.69) is 43.0 Å². The van der Waals surface area contributed by atoms with Gasteiger partial charge in [-0.05, 0) is 91.6 Å². The zero-order valence-electron chi connectivity index (χ0n) is 33.7. The van der Waals surface area contributed by atoms with Crippen LogP contribution in [-0.2, 0) is 46.0 Å². The van der Waals surface area contributed by atoms with E-state index in [1.807, 2.05) is 60.9 Å². The van der Waals surface area contributed by atoms with Crippen LogP contribution in [0, 0.1) is 0 Å². The molecule has 17 heteroatoms. The molecule has 14 nitrogen and oxygen atoms in total. The molecule has 2 heterocycles. The van der Waals surface area contributed by atoms with Crippen molar-refractivity contribution in [3.05, 3.63) is 108 Å². The van der Waals surface area contributed by atoms with Crippen molar-refractivity contribution in [3.8, 4) is 0 Å². The average molecular weight is 883 g/mol. The average Bonchev–Trinajstić information content (AvgIpc) is 3.49. The summed E-state index contributed by atoms with van der Waals surface area (Å²) in [5.74, 6) is -1.21. The molecular formula is C43H50N2O12S3. The number of anilines is 1. The summed E-state index contributed by atoms with van der Waals surface area (Å²) >= 11 is 0. The van der Waals surface area contributed by atoms with Crippen LogP contribution in [-0.4, -0.2) is 84.6 Å². The van der Waals surface area contributed by atoms with Crippen molar-refractivity contribution in [2.45, 2.75) is 86.8 Å². The number of rotatable bonds is 16. The number of aliphatic carboxylic acids is 1. The second kappa shape index (κ2) is 17.3. The van der Waals surface area contributed by atoms with Gasteiger partial charge in [0.25, 0.3) is 30.4 Å². The summed E-state index contributed by atoms with van der Waals surface area (Å²) in [6, 6.07) is 17.5. The summed E-state index contributed by atoms with van der Waals surface area (Å²) in [4.78, 5) is 12.0. The summed E-state index contributed by atoms with van der Waals surface area (Å²) in [7, 11) is -13.9. The van der Waals surface area contributed by atoms with E-state index in [9.17, 15) is 43.7 Å². The Morgan fingerprint density at radius 3 is 2.12 bits per heavy atom. The van der Waals surface area contributed by atoms with Gasteiger partial charge in [0.1, 0.15) is 11.4 Å². The number of hydrogen-bond acceptors (Lipinski definition) is 9. The molecule has 0 aromatic heterocycles. The summed E-state index contributed by atoms with van der Waals surface area (Å²) in [6.45, 7) is 9.12. The number of allylic oxidation sites excluding steroid dienone is 6. The second-order valence-electron chi connectivity index (χ2n) is 16.0. The maximum atomic E-state index is 12.5. The lowest BCUT2D eigenvalue weighted by atomic mass is 9.79. The Kier molecular flexibility index (Phi) is 13.4. The van der Waals surface area contributed by atoms with E-state index in [1.165, 1.54) is 12.1 Å². The minimum Gasteiger partial charge on any atom is -0.870 e. The van der Waals surface area contributed by atoms with Crippen LogP contribution in [0.1, 0.15) is 77.3 Å². The van der Waals surface area contributed by atoms with Crippen molar-refractivity contribution in [3.63, 3.8) is 0 Å². The van der Waals surface area contributed by atoms with Gasteiger partial charge in [0.15, 0.2) is 5.71 Å². The molecule has 0 saturated carbocycles. The molecule has 0 saturated heterocycles. The SMILES string of the molecule is CC1(C)C(=CC=CC=CC2=[N+](CCCCCC(=O)O)c3ccc4c(S(=O)(=O)O)cc(S(=O)(=O)O)cc4c3C2(C)C)N(CCCCS(=O)(=O)O)c2ccc3ccccc3c21.[OH-]. The zero-order valence-corrected chi connectivity index (χ0v) is 36.2. The van der Waals surface area contributed by atoms with Gasteiger partial charge in [-0.15, -0.1) is 0 Å². The molecule has 0 amide bonds. The van der Waals surface area contributed by atoms with E-state index in [-0.39, 0.29) is 28.4 Å². The van der Waals surface area contributed by atoms with Crippen molar-refractivity contribution in [1.82, 2.24) is 0 Å². The van der Waals surface area contributed by atoms with E-state index in [0.717, 1.165) is 39.5 Å². The lowest BCUT2D eigenvalue weighted by molar-refractivity contribution is -0.438. The molecule has 4 aromatic carbocycles. The van der Waals surface area contributed by atoms with Crippen LogP contribution in [0.25, 0.3) is 21.5 Å².